The zero-order valence-electron chi connectivity index (χ0n) is 19.6. The fraction of sp³-hybridized carbons (Fsp3) is 0.962. The number of aliphatic carboxylic acids is 1. The van der Waals surface area contributed by atoms with Gasteiger partial charge in [0.2, 0.25) is 0 Å². The Bertz CT molecular complexity index is 659. The highest BCUT2D eigenvalue weighted by Gasteiger charge is 2.63. The first-order chi connectivity index (χ1) is 14.0. The minimum absolute atomic E-state index is 0.243. The molecule has 172 valence electrons. The van der Waals surface area contributed by atoms with E-state index in [0.717, 1.165) is 31.1 Å². The third-order valence-electron chi connectivity index (χ3n) is 11.0. The van der Waals surface area contributed by atoms with Gasteiger partial charge in [-0.25, -0.2) is 0 Å². The molecule has 4 aliphatic rings. The predicted octanol–water partition coefficient (Wildman–Crippen LogP) is 5.46. The van der Waals surface area contributed by atoms with Crippen LogP contribution in [-0.4, -0.2) is 27.1 Å². The Morgan fingerprint density at radius 2 is 1.70 bits per heavy atom. The Kier molecular flexibility index (Phi) is 5.84. The van der Waals surface area contributed by atoms with Crippen molar-refractivity contribution < 1.29 is 20.1 Å². The van der Waals surface area contributed by atoms with Gasteiger partial charge in [0.25, 0.3) is 0 Å². The number of carbonyl (C=O) groups is 1. The summed E-state index contributed by atoms with van der Waals surface area (Å²) in [6.45, 7) is 9.61. The lowest BCUT2D eigenvalue weighted by Gasteiger charge is -2.64. The van der Waals surface area contributed by atoms with E-state index in [1.54, 1.807) is 0 Å². The van der Waals surface area contributed by atoms with Crippen LogP contribution < -0.4 is 0 Å². The summed E-state index contributed by atoms with van der Waals surface area (Å²) in [6.07, 6.45) is 10.6. The van der Waals surface area contributed by atoms with Crippen LogP contribution in [0.15, 0.2) is 0 Å². The number of carboxylic acid groups (broad SMARTS) is 1. The van der Waals surface area contributed by atoms with Crippen molar-refractivity contribution in [3.63, 3.8) is 0 Å². The molecule has 0 aromatic carbocycles. The molecule has 0 amide bonds. The summed E-state index contributed by atoms with van der Waals surface area (Å²) in [4.78, 5) is 11.1. The van der Waals surface area contributed by atoms with E-state index in [1.165, 1.54) is 32.1 Å². The van der Waals surface area contributed by atoms with Crippen LogP contribution in [0.2, 0.25) is 0 Å². The second kappa shape index (κ2) is 7.76. The molecule has 0 aliphatic heterocycles. The maximum atomic E-state index is 11.1. The summed E-state index contributed by atoms with van der Waals surface area (Å²) < 4.78 is 0. The topological polar surface area (TPSA) is 77.8 Å². The molecule has 0 aromatic rings. The van der Waals surface area contributed by atoms with Gasteiger partial charge in [-0.05, 0) is 97.2 Å². The van der Waals surface area contributed by atoms with Crippen LogP contribution in [0.1, 0.15) is 98.3 Å². The van der Waals surface area contributed by atoms with Crippen LogP contribution in [-0.2, 0) is 4.79 Å². The maximum Gasteiger partial charge on any atom is 0.303 e. The van der Waals surface area contributed by atoms with Crippen LogP contribution in [0.3, 0.4) is 0 Å². The van der Waals surface area contributed by atoms with Crippen molar-refractivity contribution in [1.82, 2.24) is 0 Å². The summed E-state index contributed by atoms with van der Waals surface area (Å²) in [5, 5.41) is 30.0. The molecule has 0 saturated heterocycles. The van der Waals surface area contributed by atoms with Crippen LogP contribution in [0.25, 0.3) is 0 Å². The molecule has 3 N–H and O–H groups in total. The normalized spacial score (nSPS) is 48.3. The van der Waals surface area contributed by atoms with Gasteiger partial charge >= 0.3 is 5.97 Å². The zero-order valence-corrected chi connectivity index (χ0v) is 19.6. The number of carboxylic acids is 1. The first-order valence-corrected chi connectivity index (χ1v) is 12.7. The Labute approximate surface area is 182 Å². The highest BCUT2D eigenvalue weighted by atomic mass is 16.5. The van der Waals surface area contributed by atoms with Crippen molar-refractivity contribution in [2.45, 2.75) is 104 Å². The van der Waals surface area contributed by atoms with Crippen molar-refractivity contribution in [3.8, 4) is 0 Å². The van der Waals surface area contributed by atoms with Gasteiger partial charge in [-0.3, -0.25) is 4.79 Å². The van der Waals surface area contributed by atoms with E-state index in [0.29, 0.717) is 54.3 Å². The SMILES string of the molecule is CC[C@H]1C[C@@H]2[C@H](CC[C@]3(C)[C@@H]([C@H](C)CCC(=O)O)CC[C@@H]23)[C@@]2(C)CCC(O)(O)C[C@@H]12. The van der Waals surface area contributed by atoms with Crippen molar-refractivity contribution in [2.24, 2.45) is 52.3 Å². The van der Waals surface area contributed by atoms with Gasteiger partial charge < -0.3 is 15.3 Å². The van der Waals surface area contributed by atoms with Crippen LogP contribution in [0, 0.1) is 52.3 Å². The molecule has 0 spiro atoms. The van der Waals surface area contributed by atoms with Gasteiger partial charge in [0.1, 0.15) is 0 Å². The average molecular weight is 421 g/mol. The van der Waals surface area contributed by atoms with E-state index in [9.17, 15) is 15.0 Å². The molecule has 4 nitrogen and oxygen atoms in total. The molecule has 30 heavy (non-hydrogen) atoms. The molecular weight excluding hydrogens is 376 g/mol. The van der Waals surface area contributed by atoms with E-state index in [1.807, 2.05) is 0 Å². The van der Waals surface area contributed by atoms with Crippen LogP contribution in [0.4, 0.5) is 0 Å². The zero-order chi connectivity index (χ0) is 21.9. The molecule has 4 saturated carbocycles. The lowest BCUT2D eigenvalue weighted by molar-refractivity contribution is -0.244. The smallest absolute Gasteiger partial charge is 0.303 e. The molecule has 4 rings (SSSR count). The average Bonchev–Trinajstić information content (AvgIpc) is 3.03. The van der Waals surface area contributed by atoms with Gasteiger partial charge in [-0.15, -0.1) is 0 Å². The quantitative estimate of drug-likeness (QED) is 0.516. The summed E-state index contributed by atoms with van der Waals surface area (Å²) in [7, 11) is 0. The highest BCUT2D eigenvalue weighted by molar-refractivity contribution is 5.66. The number of fused-ring (bicyclic) bond motifs is 5. The van der Waals surface area contributed by atoms with E-state index in [-0.39, 0.29) is 5.41 Å². The highest BCUT2D eigenvalue weighted by Crippen LogP contribution is 2.70. The molecule has 0 bridgehead atoms. The number of rotatable bonds is 5. The Hall–Kier alpha value is -0.610. The van der Waals surface area contributed by atoms with E-state index in [4.69, 9.17) is 5.11 Å². The molecule has 0 heterocycles. The molecule has 0 aromatic heterocycles. The van der Waals surface area contributed by atoms with Gasteiger partial charge in [0.05, 0.1) is 0 Å². The minimum atomic E-state index is -1.47. The number of hydrogen-bond acceptors (Lipinski definition) is 3. The van der Waals surface area contributed by atoms with E-state index >= 15 is 0 Å². The summed E-state index contributed by atoms with van der Waals surface area (Å²) in [5.41, 5.74) is 0.597. The molecule has 4 aliphatic carbocycles. The van der Waals surface area contributed by atoms with Crippen molar-refractivity contribution >= 4 is 5.97 Å². The Morgan fingerprint density at radius 3 is 2.37 bits per heavy atom. The van der Waals surface area contributed by atoms with Crippen LogP contribution in [0.5, 0.6) is 0 Å². The molecule has 0 unspecified atom stereocenters. The monoisotopic (exact) mass is 420 g/mol. The molecular formula is C26H44O4. The molecule has 4 heteroatoms. The van der Waals surface area contributed by atoms with Gasteiger partial charge in [-0.2, -0.15) is 0 Å². The molecule has 0 radical (unpaired) electrons. The van der Waals surface area contributed by atoms with Crippen molar-refractivity contribution in [3.05, 3.63) is 0 Å². The first-order valence-electron chi connectivity index (χ1n) is 12.7. The fourth-order valence-corrected chi connectivity index (χ4v) is 9.44. The minimum Gasteiger partial charge on any atom is -0.481 e. The van der Waals surface area contributed by atoms with Crippen molar-refractivity contribution in [2.75, 3.05) is 0 Å². The summed E-state index contributed by atoms with van der Waals surface area (Å²) >= 11 is 0. The Balaban J connectivity index is 1.57. The lowest BCUT2D eigenvalue weighted by atomic mass is 9.42. The predicted molar refractivity (Wildman–Crippen MR) is 118 cm³/mol. The van der Waals surface area contributed by atoms with Crippen LogP contribution >= 0.6 is 0 Å². The molecule has 4 fully saturated rings. The van der Waals surface area contributed by atoms with E-state index in [2.05, 4.69) is 27.7 Å². The Morgan fingerprint density at radius 1 is 1.00 bits per heavy atom. The second-order valence-electron chi connectivity index (χ2n) is 12.2. The summed E-state index contributed by atoms with van der Waals surface area (Å²) in [6, 6.07) is 0. The van der Waals surface area contributed by atoms with Gasteiger partial charge in [0.15, 0.2) is 5.79 Å². The number of hydrogen-bond donors (Lipinski definition) is 3. The first kappa shape index (κ1) is 22.6. The standard InChI is InChI=1S/C26H44O4/c1-5-17-14-18-20-8-7-19(16(2)6-9-23(27)28)24(20,3)11-10-21(18)25(4)12-13-26(29,30)15-22(17)25/h16-22,29-30H,5-15H2,1-4H3,(H,27,28)/t16-,17+,18+,19-,20+,21+,22+,24-,25-/m1/s1. The van der Waals surface area contributed by atoms with Crippen molar-refractivity contribution in [1.29, 1.82) is 0 Å². The fourth-order valence-electron chi connectivity index (χ4n) is 9.44. The van der Waals surface area contributed by atoms with Gasteiger partial charge in [0, 0.05) is 19.3 Å². The number of aliphatic hydroxyl groups is 2. The van der Waals surface area contributed by atoms with Gasteiger partial charge in [-0.1, -0.05) is 34.1 Å². The third-order valence-corrected chi connectivity index (χ3v) is 11.0. The van der Waals surface area contributed by atoms with E-state index < -0.39 is 11.8 Å². The maximum absolute atomic E-state index is 11.1. The second-order valence-corrected chi connectivity index (χ2v) is 12.2. The molecule has 9 atom stereocenters. The third kappa shape index (κ3) is 3.54. The summed E-state index contributed by atoms with van der Waals surface area (Å²) in [5.74, 6) is 2.28. The largest absolute Gasteiger partial charge is 0.481 e. The lowest BCUT2D eigenvalue weighted by Crippen LogP contribution is -2.58.